The molecule has 82 valence electrons. The summed E-state index contributed by atoms with van der Waals surface area (Å²) >= 11 is 3.24. The topological polar surface area (TPSA) is 60.8 Å². The second-order valence-corrected chi connectivity index (χ2v) is 3.56. The Hall–Kier alpha value is -1.56. The molecule has 0 fully saturated rings. The molecule has 0 unspecified atom stereocenters. The summed E-state index contributed by atoms with van der Waals surface area (Å²) in [6.45, 7) is 0. The van der Waals surface area contributed by atoms with Crippen molar-refractivity contribution in [1.29, 1.82) is 0 Å². The highest BCUT2D eigenvalue weighted by molar-refractivity contribution is 9.08. The van der Waals surface area contributed by atoms with Crippen LogP contribution in [0.5, 0.6) is 5.75 Å². The van der Waals surface area contributed by atoms with Gasteiger partial charge < -0.3 is 4.74 Å². The van der Waals surface area contributed by atoms with Crippen molar-refractivity contribution in [2.75, 3.05) is 7.11 Å². The van der Waals surface area contributed by atoms with E-state index in [0.717, 1.165) is 11.3 Å². The normalized spacial score (nSPS) is 10.1. The zero-order valence-electron chi connectivity index (χ0n) is 8.59. The van der Waals surface area contributed by atoms with Crippen LogP contribution in [0.3, 0.4) is 0 Å². The first kappa shape index (κ1) is 10.9. The van der Waals surface area contributed by atoms with E-state index in [-0.39, 0.29) is 0 Å². The van der Waals surface area contributed by atoms with Gasteiger partial charge in [0.05, 0.1) is 12.4 Å². The number of hydrogen-bond donors (Lipinski definition) is 0. The van der Waals surface area contributed by atoms with Crippen LogP contribution in [0.15, 0.2) is 24.3 Å². The zero-order chi connectivity index (χ0) is 11.4. The highest BCUT2D eigenvalue weighted by Gasteiger charge is 2.03. The van der Waals surface area contributed by atoms with Crippen LogP contribution < -0.4 is 4.74 Å². The Labute approximate surface area is 101 Å². The van der Waals surface area contributed by atoms with E-state index in [1.165, 1.54) is 0 Å². The molecule has 1 aromatic heterocycles. The molecule has 0 spiro atoms. The minimum atomic E-state index is 0.507. The molecule has 2 aromatic rings. The Balaban J connectivity index is 2.28. The van der Waals surface area contributed by atoms with Gasteiger partial charge in [-0.15, -0.1) is 20.4 Å². The predicted octanol–water partition coefficient (Wildman–Crippen LogP) is 1.84. The third-order valence-electron chi connectivity index (χ3n) is 1.99. The van der Waals surface area contributed by atoms with Crippen molar-refractivity contribution in [2.24, 2.45) is 0 Å². The molecular weight excluding hydrogens is 272 g/mol. The molecule has 1 heterocycles. The monoisotopic (exact) mass is 280 g/mol. The van der Waals surface area contributed by atoms with Gasteiger partial charge in [-0.05, 0) is 24.3 Å². The van der Waals surface area contributed by atoms with Crippen molar-refractivity contribution in [3.05, 3.63) is 30.1 Å². The molecule has 0 aliphatic rings. The highest BCUT2D eigenvalue weighted by atomic mass is 79.9. The third kappa shape index (κ3) is 2.33. The van der Waals surface area contributed by atoms with Crippen LogP contribution in [0, 0.1) is 0 Å². The van der Waals surface area contributed by atoms with Crippen molar-refractivity contribution >= 4 is 15.9 Å². The minimum absolute atomic E-state index is 0.507. The number of aromatic nitrogens is 4. The van der Waals surface area contributed by atoms with Gasteiger partial charge in [0.1, 0.15) is 5.75 Å². The predicted molar refractivity (Wildman–Crippen MR) is 62.2 cm³/mol. The van der Waals surface area contributed by atoms with Gasteiger partial charge >= 0.3 is 0 Å². The van der Waals surface area contributed by atoms with Crippen molar-refractivity contribution < 1.29 is 4.74 Å². The third-order valence-corrected chi connectivity index (χ3v) is 2.49. The fourth-order valence-corrected chi connectivity index (χ4v) is 1.38. The summed E-state index contributed by atoms with van der Waals surface area (Å²) in [6.07, 6.45) is 0. The summed E-state index contributed by atoms with van der Waals surface area (Å²) < 4.78 is 5.06. The van der Waals surface area contributed by atoms with E-state index in [4.69, 9.17) is 4.74 Å². The Morgan fingerprint density at radius 1 is 1.06 bits per heavy atom. The quantitative estimate of drug-likeness (QED) is 0.803. The van der Waals surface area contributed by atoms with Crippen LogP contribution in [-0.2, 0) is 5.33 Å². The number of methoxy groups -OCH3 is 1. The minimum Gasteiger partial charge on any atom is -0.497 e. The van der Waals surface area contributed by atoms with E-state index >= 15 is 0 Å². The lowest BCUT2D eigenvalue weighted by atomic mass is 10.2. The van der Waals surface area contributed by atoms with E-state index in [1.54, 1.807) is 7.11 Å². The molecule has 0 bridgehead atoms. The van der Waals surface area contributed by atoms with Crippen LogP contribution in [0.25, 0.3) is 11.4 Å². The Morgan fingerprint density at radius 2 is 1.69 bits per heavy atom. The number of ether oxygens (including phenoxy) is 1. The van der Waals surface area contributed by atoms with E-state index in [1.807, 2.05) is 24.3 Å². The van der Waals surface area contributed by atoms with E-state index < -0.39 is 0 Å². The van der Waals surface area contributed by atoms with Gasteiger partial charge in [-0.2, -0.15) is 0 Å². The van der Waals surface area contributed by atoms with Crippen molar-refractivity contribution in [1.82, 2.24) is 20.4 Å². The van der Waals surface area contributed by atoms with Crippen LogP contribution in [-0.4, -0.2) is 27.5 Å². The van der Waals surface area contributed by atoms with Crippen LogP contribution in [0.1, 0.15) is 5.82 Å². The molecule has 0 saturated carbocycles. The van der Waals surface area contributed by atoms with E-state index in [0.29, 0.717) is 17.0 Å². The molecule has 6 heteroatoms. The first-order valence-corrected chi connectivity index (χ1v) is 5.72. The smallest absolute Gasteiger partial charge is 0.203 e. The zero-order valence-corrected chi connectivity index (χ0v) is 10.2. The molecule has 0 N–H and O–H groups in total. The molecule has 5 nitrogen and oxygen atoms in total. The molecule has 2 rings (SSSR count). The van der Waals surface area contributed by atoms with Crippen molar-refractivity contribution in [3.8, 4) is 17.1 Å². The largest absolute Gasteiger partial charge is 0.497 e. The SMILES string of the molecule is COc1ccc(-c2nnc(CBr)nn2)cc1. The molecule has 1 aromatic carbocycles. The highest BCUT2D eigenvalue weighted by Crippen LogP contribution is 2.17. The van der Waals surface area contributed by atoms with Gasteiger partial charge in [-0.25, -0.2) is 0 Å². The summed E-state index contributed by atoms with van der Waals surface area (Å²) in [4.78, 5) is 0. The maximum atomic E-state index is 5.06. The average Bonchev–Trinajstić information content (AvgIpc) is 2.39. The maximum absolute atomic E-state index is 5.06. The van der Waals surface area contributed by atoms with Crippen LogP contribution in [0.4, 0.5) is 0 Å². The van der Waals surface area contributed by atoms with Gasteiger partial charge in [0.2, 0.25) is 5.82 Å². The van der Waals surface area contributed by atoms with E-state index in [9.17, 15) is 0 Å². The molecule has 0 radical (unpaired) electrons. The molecular formula is C10H9BrN4O. The summed E-state index contributed by atoms with van der Waals surface area (Å²) in [5.41, 5.74) is 0.863. The molecule has 0 aliphatic carbocycles. The van der Waals surface area contributed by atoms with Crippen molar-refractivity contribution in [2.45, 2.75) is 5.33 Å². The van der Waals surface area contributed by atoms with Crippen molar-refractivity contribution in [3.63, 3.8) is 0 Å². The van der Waals surface area contributed by atoms with Gasteiger partial charge in [0.25, 0.3) is 0 Å². The number of halogens is 1. The summed E-state index contributed by atoms with van der Waals surface area (Å²) in [5, 5.41) is 16.3. The number of rotatable bonds is 3. The Bertz CT molecular complexity index is 412. The number of alkyl halides is 1. The molecule has 0 aliphatic heterocycles. The Kier molecular flexibility index (Phi) is 3.40. The standard InChI is InChI=1S/C10H9BrN4O/c1-16-8-4-2-7(3-5-8)10-14-12-9(6-11)13-15-10/h2-5H,6H2,1H3. The second-order valence-electron chi connectivity index (χ2n) is 3.00. The second kappa shape index (κ2) is 4.98. The lowest BCUT2D eigenvalue weighted by Gasteiger charge is -2.01. The first-order valence-electron chi connectivity index (χ1n) is 4.60. The van der Waals surface area contributed by atoms with Gasteiger partial charge in [0.15, 0.2) is 5.82 Å². The van der Waals surface area contributed by atoms with Crippen LogP contribution in [0.2, 0.25) is 0 Å². The van der Waals surface area contributed by atoms with Gasteiger partial charge in [-0.3, -0.25) is 0 Å². The lowest BCUT2D eigenvalue weighted by Crippen LogP contribution is -2.00. The van der Waals surface area contributed by atoms with E-state index in [2.05, 4.69) is 36.3 Å². The fraction of sp³-hybridized carbons (Fsp3) is 0.200. The number of benzene rings is 1. The van der Waals surface area contributed by atoms with Crippen LogP contribution >= 0.6 is 15.9 Å². The Morgan fingerprint density at radius 3 is 2.19 bits per heavy atom. The number of nitrogens with zero attached hydrogens (tertiary/aromatic N) is 4. The maximum Gasteiger partial charge on any atom is 0.203 e. The fourth-order valence-electron chi connectivity index (χ4n) is 1.16. The lowest BCUT2D eigenvalue weighted by molar-refractivity contribution is 0.415. The molecule has 0 amide bonds. The number of hydrogen-bond acceptors (Lipinski definition) is 5. The summed E-state index contributed by atoms with van der Waals surface area (Å²) in [6, 6.07) is 7.42. The van der Waals surface area contributed by atoms with Gasteiger partial charge in [-0.1, -0.05) is 15.9 Å². The molecule has 16 heavy (non-hydrogen) atoms. The molecule has 0 atom stereocenters. The van der Waals surface area contributed by atoms with Gasteiger partial charge in [0, 0.05) is 5.56 Å². The molecule has 0 saturated heterocycles. The average molecular weight is 281 g/mol. The summed E-state index contributed by atoms with van der Waals surface area (Å²) in [5.74, 6) is 1.87. The summed E-state index contributed by atoms with van der Waals surface area (Å²) in [7, 11) is 1.62. The first-order chi connectivity index (χ1) is 7.83.